The zero-order valence-electron chi connectivity index (χ0n) is 8.40. The number of carboxylic acid groups (broad SMARTS) is 1. The van der Waals surface area contributed by atoms with E-state index in [1.54, 1.807) is 13.0 Å². The minimum absolute atomic E-state index is 0.172. The van der Waals surface area contributed by atoms with E-state index in [0.29, 0.717) is 16.8 Å². The Kier molecular flexibility index (Phi) is 2.70. The molecule has 82 valence electrons. The van der Waals surface area contributed by atoms with Crippen LogP contribution in [0.15, 0.2) is 23.7 Å². The summed E-state index contributed by atoms with van der Waals surface area (Å²) in [5.74, 6) is -1.32. The van der Waals surface area contributed by atoms with E-state index in [0.717, 1.165) is 11.3 Å². The number of aryl methyl sites for hydroxylation is 1. The van der Waals surface area contributed by atoms with Crippen LogP contribution in [-0.4, -0.2) is 16.1 Å². The van der Waals surface area contributed by atoms with Crippen LogP contribution in [-0.2, 0) is 0 Å². The lowest BCUT2D eigenvalue weighted by Gasteiger charge is -2.01. The van der Waals surface area contributed by atoms with Gasteiger partial charge in [0.05, 0.1) is 11.2 Å². The zero-order chi connectivity index (χ0) is 11.7. The van der Waals surface area contributed by atoms with Gasteiger partial charge in [0.2, 0.25) is 0 Å². The first-order chi connectivity index (χ1) is 7.59. The molecule has 0 aliphatic rings. The van der Waals surface area contributed by atoms with Crippen LogP contribution >= 0.6 is 11.3 Å². The van der Waals surface area contributed by atoms with Crippen molar-refractivity contribution >= 4 is 17.3 Å². The average molecular weight is 237 g/mol. The Morgan fingerprint density at radius 3 is 2.88 bits per heavy atom. The van der Waals surface area contributed by atoms with Gasteiger partial charge in [0.25, 0.3) is 0 Å². The smallest absolute Gasteiger partial charge is 0.348 e. The molecule has 1 N–H and O–H groups in total. The van der Waals surface area contributed by atoms with Crippen LogP contribution < -0.4 is 0 Å². The number of halogens is 1. The molecule has 0 unspecified atom stereocenters. The van der Waals surface area contributed by atoms with E-state index < -0.39 is 5.97 Å². The summed E-state index contributed by atoms with van der Waals surface area (Å²) in [4.78, 5) is 15.1. The molecule has 0 saturated heterocycles. The number of carboxylic acids is 1. The monoisotopic (exact) mass is 237 g/mol. The summed E-state index contributed by atoms with van der Waals surface area (Å²) in [5.41, 5.74) is 2.96. The molecule has 1 aromatic carbocycles. The molecule has 0 bridgehead atoms. The summed E-state index contributed by atoms with van der Waals surface area (Å²) >= 11 is 1.06. The molecule has 0 amide bonds. The van der Waals surface area contributed by atoms with Crippen LogP contribution in [0.2, 0.25) is 0 Å². The number of benzene rings is 1. The molecule has 0 atom stereocenters. The van der Waals surface area contributed by atoms with Gasteiger partial charge in [0, 0.05) is 5.56 Å². The van der Waals surface area contributed by atoms with Gasteiger partial charge in [-0.1, -0.05) is 0 Å². The highest BCUT2D eigenvalue weighted by molar-refractivity contribution is 7.12. The number of hydrogen-bond donors (Lipinski definition) is 1. The van der Waals surface area contributed by atoms with Crippen molar-refractivity contribution in [2.24, 2.45) is 0 Å². The molecule has 1 aromatic heterocycles. The second kappa shape index (κ2) is 4.02. The van der Waals surface area contributed by atoms with Crippen LogP contribution in [0.5, 0.6) is 0 Å². The largest absolute Gasteiger partial charge is 0.477 e. The molecule has 0 spiro atoms. The fourth-order valence-corrected chi connectivity index (χ4v) is 2.04. The van der Waals surface area contributed by atoms with Crippen molar-refractivity contribution in [2.45, 2.75) is 6.92 Å². The number of thiazole rings is 1. The van der Waals surface area contributed by atoms with E-state index in [1.165, 1.54) is 17.6 Å². The molecule has 0 saturated carbocycles. The van der Waals surface area contributed by atoms with Crippen molar-refractivity contribution in [2.75, 3.05) is 0 Å². The minimum atomic E-state index is -1.01. The average Bonchev–Trinajstić information content (AvgIpc) is 2.71. The van der Waals surface area contributed by atoms with Crippen LogP contribution in [0.1, 0.15) is 15.2 Å². The van der Waals surface area contributed by atoms with Crippen LogP contribution in [0.25, 0.3) is 11.3 Å². The molecule has 0 radical (unpaired) electrons. The van der Waals surface area contributed by atoms with Gasteiger partial charge >= 0.3 is 5.97 Å². The van der Waals surface area contributed by atoms with Crippen LogP contribution in [0, 0.1) is 12.7 Å². The molecule has 0 aliphatic carbocycles. The predicted octanol–water partition coefficient (Wildman–Crippen LogP) is 2.96. The highest BCUT2D eigenvalue weighted by Crippen LogP contribution is 2.26. The molecule has 2 rings (SSSR count). The standard InChI is InChI=1S/C11H8FNO2S/c1-6-4-7(2-3-8(6)12)9-10(11(14)15)16-5-13-9/h2-5H,1H3,(H,14,15). The highest BCUT2D eigenvalue weighted by Gasteiger charge is 2.15. The Morgan fingerprint density at radius 2 is 2.25 bits per heavy atom. The number of carbonyl (C=O) groups is 1. The fraction of sp³-hybridized carbons (Fsp3) is 0.0909. The predicted molar refractivity (Wildman–Crippen MR) is 59.2 cm³/mol. The maximum absolute atomic E-state index is 13.1. The van der Waals surface area contributed by atoms with E-state index in [2.05, 4.69) is 4.98 Å². The lowest BCUT2D eigenvalue weighted by molar-refractivity contribution is 0.0702. The summed E-state index contributed by atoms with van der Waals surface area (Å²) in [6.45, 7) is 1.63. The maximum Gasteiger partial charge on any atom is 0.348 e. The minimum Gasteiger partial charge on any atom is -0.477 e. The first kappa shape index (κ1) is 10.8. The van der Waals surface area contributed by atoms with Gasteiger partial charge in [0.15, 0.2) is 0 Å². The van der Waals surface area contributed by atoms with Crippen molar-refractivity contribution in [3.8, 4) is 11.3 Å². The molecule has 3 nitrogen and oxygen atoms in total. The zero-order valence-corrected chi connectivity index (χ0v) is 9.21. The second-order valence-corrected chi connectivity index (χ2v) is 4.15. The van der Waals surface area contributed by atoms with Gasteiger partial charge in [-0.15, -0.1) is 11.3 Å². The topological polar surface area (TPSA) is 50.2 Å². The van der Waals surface area contributed by atoms with Crippen molar-refractivity contribution < 1.29 is 14.3 Å². The van der Waals surface area contributed by atoms with Crippen molar-refractivity contribution in [3.05, 3.63) is 40.0 Å². The molecular weight excluding hydrogens is 229 g/mol. The van der Waals surface area contributed by atoms with E-state index in [1.807, 2.05) is 0 Å². The van der Waals surface area contributed by atoms with Gasteiger partial charge in [-0.05, 0) is 30.7 Å². The van der Waals surface area contributed by atoms with Crippen LogP contribution in [0.3, 0.4) is 0 Å². The molecular formula is C11H8FNO2S. The van der Waals surface area contributed by atoms with Gasteiger partial charge in [-0.3, -0.25) is 0 Å². The van der Waals surface area contributed by atoms with E-state index >= 15 is 0 Å². The third-order valence-corrected chi connectivity index (χ3v) is 3.01. The van der Waals surface area contributed by atoms with Gasteiger partial charge in [-0.2, -0.15) is 0 Å². The summed E-state index contributed by atoms with van der Waals surface area (Å²) in [6, 6.07) is 4.44. The Morgan fingerprint density at radius 1 is 1.50 bits per heavy atom. The number of aromatic carboxylic acids is 1. The number of nitrogens with zero attached hydrogens (tertiary/aromatic N) is 1. The number of rotatable bonds is 2. The molecule has 5 heteroatoms. The van der Waals surface area contributed by atoms with E-state index in [-0.39, 0.29) is 10.7 Å². The third kappa shape index (κ3) is 1.81. The normalized spacial score (nSPS) is 10.4. The summed E-state index contributed by atoms with van der Waals surface area (Å²) in [6.07, 6.45) is 0. The van der Waals surface area contributed by atoms with Crippen molar-refractivity contribution in [3.63, 3.8) is 0 Å². The van der Waals surface area contributed by atoms with Crippen LogP contribution in [0.4, 0.5) is 4.39 Å². The lowest BCUT2D eigenvalue weighted by Crippen LogP contribution is -1.96. The van der Waals surface area contributed by atoms with Gasteiger partial charge in [0.1, 0.15) is 10.7 Å². The first-order valence-corrected chi connectivity index (χ1v) is 5.41. The van der Waals surface area contributed by atoms with Gasteiger partial charge in [-0.25, -0.2) is 14.2 Å². The highest BCUT2D eigenvalue weighted by atomic mass is 32.1. The SMILES string of the molecule is Cc1cc(-c2ncsc2C(=O)O)ccc1F. The quantitative estimate of drug-likeness (QED) is 0.873. The Hall–Kier alpha value is -1.75. The molecule has 1 heterocycles. The first-order valence-electron chi connectivity index (χ1n) is 4.53. The number of hydrogen-bond acceptors (Lipinski definition) is 3. The van der Waals surface area contributed by atoms with E-state index in [4.69, 9.17) is 5.11 Å². The number of aromatic nitrogens is 1. The van der Waals surface area contributed by atoms with Crippen molar-refractivity contribution in [1.82, 2.24) is 4.98 Å². The maximum atomic E-state index is 13.1. The van der Waals surface area contributed by atoms with Crippen molar-refractivity contribution in [1.29, 1.82) is 0 Å². The summed E-state index contributed by atoms with van der Waals surface area (Å²) < 4.78 is 13.1. The summed E-state index contributed by atoms with van der Waals surface area (Å²) in [5, 5.41) is 8.94. The Labute approximate surface area is 95.2 Å². The third-order valence-electron chi connectivity index (χ3n) is 2.19. The van der Waals surface area contributed by atoms with E-state index in [9.17, 15) is 9.18 Å². The molecule has 16 heavy (non-hydrogen) atoms. The Bertz CT molecular complexity index is 551. The second-order valence-electron chi connectivity index (χ2n) is 3.30. The molecule has 0 fully saturated rings. The Balaban J connectivity index is 2.54. The fourth-order valence-electron chi connectivity index (χ4n) is 1.40. The molecule has 0 aliphatic heterocycles. The summed E-state index contributed by atoms with van der Waals surface area (Å²) in [7, 11) is 0. The molecule has 2 aromatic rings. The van der Waals surface area contributed by atoms with Gasteiger partial charge < -0.3 is 5.11 Å². The lowest BCUT2D eigenvalue weighted by atomic mass is 10.1.